The van der Waals surface area contributed by atoms with Crippen molar-refractivity contribution in [1.29, 1.82) is 0 Å². The number of nitrogens with two attached hydrogens (primary N) is 3. The number of benzene rings is 3. The predicted octanol–water partition coefficient (Wildman–Crippen LogP) is 6.89. The molecule has 16 nitrogen and oxygen atoms in total. The molecule has 0 aliphatic heterocycles. The Labute approximate surface area is 364 Å². The third kappa shape index (κ3) is 9.24. The molecular weight excluding hydrogens is 813 g/mol. The zero-order chi connectivity index (χ0) is 46.0. The molecule has 3 heterocycles. The second-order valence-electron chi connectivity index (χ2n) is 16.8. The first-order valence-electron chi connectivity index (χ1n) is 20.7. The molecule has 0 spiro atoms. The van der Waals surface area contributed by atoms with Crippen molar-refractivity contribution in [1.82, 2.24) is 4.40 Å². The second-order valence-corrected chi connectivity index (χ2v) is 16.8. The summed E-state index contributed by atoms with van der Waals surface area (Å²) >= 11 is 0. The number of carbonyl (C=O) groups is 3. The maximum Gasteiger partial charge on any atom is 0.361 e. The summed E-state index contributed by atoms with van der Waals surface area (Å²) < 4.78 is 48.3. The molecule has 0 bridgehead atoms. The van der Waals surface area contributed by atoms with Gasteiger partial charge in [0.2, 0.25) is 5.75 Å². The average Bonchev–Trinajstić information content (AvgIpc) is 3.59. The van der Waals surface area contributed by atoms with Crippen molar-refractivity contribution >= 4 is 56.1 Å². The number of ether oxygens (including phenoxy) is 7. The highest BCUT2D eigenvalue weighted by atomic mass is 16.6. The van der Waals surface area contributed by atoms with Crippen LogP contribution < -0.4 is 56.0 Å². The van der Waals surface area contributed by atoms with Gasteiger partial charge in [0.1, 0.15) is 29.2 Å². The van der Waals surface area contributed by atoms with Gasteiger partial charge in [0, 0.05) is 39.4 Å². The lowest BCUT2D eigenvalue weighted by Crippen LogP contribution is -2.35. The van der Waals surface area contributed by atoms with Crippen LogP contribution in [0.5, 0.6) is 40.2 Å². The number of pyridine rings is 1. The molecule has 63 heavy (non-hydrogen) atoms. The Morgan fingerprint density at radius 3 is 1.63 bits per heavy atom. The summed E-state index contributed by atoms with van der Waals surface area (Å²) in [6.45, 7) is 11.7. The third-order valence-corrected chi connectivity index (χ3v) is 10.6. The van der Waals surface area contributed by atoms with E-state index >= 15 is 0 Å². The van der Waals surface area contributed by atoms with Gasteiger partial charge in [-0.1, -0.05) is 47.6 Å². The van der Waals surface area contributed by atoms with Gasteiger partial charge in [0.15, 0.2) is 34.5 Å². The first-order chi connectivity index (χ1) is 29.9. The number of rotatable bonds is 17. The number of nitrogens with zero attached hydrogens (tertiary/aromatic N) is 1. The van der Waals surface area contributed by atoms with Crippen LogP contribution in [0.1, 0.15) is 60.8 Å². The van der Waals surface area contributed by atoms with E-state index in [4.69, 9.17) is 54.8 Å². The minimum atomic E-state index is -0.938. The fourth-order valence-electron chi connectivity index (χ4n) is 7.81. The van der Waals surface area contributed by atoms with Gasteiger partial charge < -0.3 is 59.2 Å². The number of hydrogen-bond acceptors (Lipinski definition) is 15. The number of carbonyl (C=O) groups excluding carboxylic acids is 3. The van der Waals surface area contributed by atoms with Gasteiger partial charge in [0.05, 0.1) is 34.0 Å². The number of hydrogen-bond donors (Lipinski definition) is 3. The molecule has 0 aliphatic rings. The van der Waals surface area contributed by atoms with Crippen molar-refractivity contribution in [3.63, 3.8) is 0 Å². The molecule has 0 unspecified atom stereocenters. The maximum absolute atomic E-state index is 14.4. The highest BCUT2D eigenvalue weighted by molar-refractivity contribution is 6.22. The van der Waals surface area contributed by atoms with Gasteiger partial charge in [0.25, 0.3) is 0 Å². The Morgan fingerprint density at radius 1 is 0.571 bits per heavy atom. The van der Waals surface area contributed by atoms with Crippen LogP contribution in [0.4, 0.5) is 0 Å². The first-order valence-corrected chi connectivity index (χ1v) is 20.7. The third-order valence-electron chi connectivity index (χ3n) is 10.6. The monoisotopic (exact) mass is 868 g/mol. The summed E-state index contributed by atoms with van der Waals surface area (Å²) in [5, 5.41) is 1.70. The molecule has 0 amide bonds. The number of methoxy groups -OCH3 is 4. The Hall–Kier alpha value is -6.36. The molecule has 0 saturated heterocycles. The van der Waals surface area contributed by atoms with Crippen molar-refractivity contribution in [2.75, 3.05) is 28.4 Å². The summed E-state index contributed by atoms with van der Waals surface area (Å²) in [6, 6.07) is 8.65. The van der Waals surface area contributed by atoms with Crippen LogP contribution in [0, 0.1) is 17.8 Å². The van der Waals surface area contributed by atoms with Crippen LogP contribution in [-0.2, 0) is 14.4 Å². The summed E-state index contributed by atoms with van der Waals surface area (Å²) in [5.74, 6) is -0.730. The van der Waals surface area contributed by atoms with Gasteiger partial charge in [-0.25, -0.2) is 19.2 Å². The van der Waals surface area contributed by atoms with E-state index in [0.29, 0.717) is 57.5 Å². The van der Waals surface area contributed by atoms with Gasteiger partial charge in [-0.3, -0.25) is 0 Å². The van der Waals surface area contributed by atoms with Crippen molar-refractivity contribution < 1.29 is 52.0 Å². The fourth-order valence-corrected chi connectivity index (χ4v) is 7.81. The van der Waals surface area contributed by atoms with Crippen LogP contribution in [0.25, 0.3) is 49.3 Å². The molecule has 6 rings (SSSR count). The summed E-state index contributed by atoms with van der Waals surface area (Å²) in [5.41, 5.74) is 19.5. The van der Waals surface area contributed by atoms with Crippen LogP contribution in [0.15, 0.2) is 57.9 Å². The topological polar surface area (TPSA) is 228 Å². The van der Waals surface area contributed by atoms with Gasteiger partial charge >= 0.3 is 23.5 Å². The molecule has 336 valence electrons. The quantitative estimate of drug-likeness (QED) is 0.0482. The normalized spacial score (nSPS) is 13.2. The van der Waals surface area contributed by atoms with E-state index in [2.05, 4.69) is 0 Å². The van der Waals surface area contributed by atoms with Crippen LogP contribution in [0.2, 0.25) is 0 Å². The SMILES string of the molecule is COc1cc(-c2c3c4cc(OC)c(OC(=O)[C@@H](N)CC(C)C)cc4oc(=O)c3n3ccc4c(OC(=O)[C@@H](N)CC(C)C)c(OC)c(OC)cc4c23)ccc1OC(=O)[C@@H](N)CC(C)C. The number of esters is 3. The summed E-state index contributed by atoms with van der Waals surface area (Å²) in [4.78, 5) is 54.1. The standard InChI is InChI=1S/C47H56N4O12/c1-22(2)15-29(48)44(52)60-32-12-11-25(18-34(32)56-7)38-39-28-20-35(57-8)36(62-45(53)30(49)16-23(3)4)21-33(28)61-47(55)41(39)51-14-13-26-27(40(38)51)19-37(58-9)43(59-10)42(26)63-46(54)31(50)17-24(5)6/h11-14,18-24,29-31H,15-17,48-50H2,1-10H3/t29-,30-,31-/m0/s1. The van der Waals surface area contributed by atoms with Gasteiger partial charge in [-0.05, 0) is 72.9 Å². The van der Waals surface area contributed by atoms with E-state index in [9.17, 15) is 19.2 Å². The van der Waals surface area contributed by atoms with E-state index in [-0.39, 0.29) is 69.1 Å². The minimum absolute atomic E-state index is 0.00468. The van der Waals surface area contributed by atoms with Crippen molar-refractivity contribution in [3.05, 3.63) is 59.1 Å². The molecular formula is C47H56N4O12. The Kier molecular flexibility index (Phi) is 13.9. The van der Waals surface area contributed by atoms with E-state index in [0.717, 1.165) is 0 Å². The minimum Gasteiger partial charge on any atom is -0.493 e. The van der Waals surface area contributed by atoms with E-state index < -0.39 is 41.7 Å². The van der Waals surface area contributed by atoms with E-state index in [1.165, 1.54) is 34.5 Å². The largest absolute Gasteiger partial charge is 0.493 e. The smallest absolute Gasteiger partial charge is 0.361 e. The number of aromatic nitrogens is 1. The van der Waals surface area contributed by atoms with E-state index in [1.54, 1.807) is 47.0 Å². The summed E-state index contributed by atoms with van der Waals surface area (Å²) in [6.07, 6.45) is 2.81. The average molecular weight is 869 g/mol. The van der Waals surface area contributed by atoms with Crippen molar-refractivity contribution in [2.45, 2.75) is 78.9 Å². The molecule has 3 aromatic heterocycles. The highest BCUT2D eigenvalue weighted by Crippen LogP contribution is 2.50. The Balaban J connectivity index is 1.71. The molecule has 0 radical (unpaired) electrons. The Morgan fingerprint density at radius 2 is 1.10 bits per heavy atom. The fraction of sp³-hybridized carbons (Fsp3) is 0.404. The lowest BCUT2D eigenvalue weighted by molar-refractivity contribution is -0.137. The van der Waals surface area contributed by atoms with Gasteiger partial charge in [-0.15, -0.1) is 0 Å². The maximum atomic E-state index is 14.4. The molecule has 3 atom stereocenters. The zero-order valence-electron chi connectivity index (χ0n) is 37.3. The lowest BCUT2D eigenvalue weighted by Gasteiger charge is -2.19. The molecule has 6 aromatic rings. The van der Waals surface area contributed by atoms with E-state index in [1.807, 2.05) is 41.5 Å². The molecule has 16 heteroatoms. The van der Waals surface area contributed by atoms with Crippen LogP contribution in [-0.4, -0.2) is 68.9 Å². The first kappa shape index (κ1) is 46.2. The second kappa shape index (κ2) is 18.9. The van der Waals surface area contributed by atoms with Gasteiger partial charge in [-0.2, -0.15) is 0 Å². The number of fused-ring (bicyclic) bond motifs is 7. The molecule has 3 aromatic carbocycles. The van der Waals surface area contributed by atoms with Crippen molar-refractivity contribution in [3.8, 4) is 51.4 Å². The van der Waals surface area contributed by atoms with Crippen molar-refractivity contribution in [2.24, 2.45) is 35.0 Å². The zero-order valence-corrected chi connectivity index (χ0v) is 37.3. The summed E-state index contributed by atoms with van der Waals surface area (Å²) in [7, 11) is 5.72. The lowest BCUT2D eigenvalue weighted by atomic mass is 9.97. The molecule has 0 fully saturated rings. The molecule has 6 N–H and O–H groups in total. The highest BCUT2D eigenvalue weighted by Gasteiger charge is 2.30. The Bertz CT molecular complexity index is 2770. The predicted molar refractivity (Wildman–Crippen MR) is 239 cm³/mol. The van der Waals surface area contributed by atoms with Crippen LogP contribution >= 0.6 is 0 Å². The van der Waals surface area contributed by atoms with Crippen LogP contribution in [0.3, 0.4) is 0 Å². The molecule has 0 saturated carbocycles. The molecule has 0 aliphatic carbocycles.